The largest absolute Gasteiger partial charge is 0.354 e. The van der Waals surface area contributed by atoms with Crippen molar-refractivity contribution >= 4 is 17.0 Å². The summed E-state index contributed by atoms with van der Waals surface area (Å²) in [5.41, 5.74) is 1.60. The second-order valence-corrected chi connectivity index (χ2v) is 7.41. The fourth-order valence-electron chi connectivity index (χ4n) is 4.17. The van der Waals surface area contributed by atoms with Crippen LogP contribution in [0, 0.1) is 0 Å². The van der Waals surface area contributed by atoms with Crippen LogP contribution in [0.25, 0.3) is 11.2 Å². The Morgan fingerprint density at radius 1 is 0.920 bits per heavy atom. The molecule has 25 heavy (non-hydrogen) atoms. The first-order chi connectivity index (χ1) is 12.2. The molecule has 0 bridgehead atoms. The van der Waals surface area contributed by atoms with Gasteiger partial charge in [-0.1, -0.05) is 0 Å². The topological polar surface area (TPSA) is 48.4 Å². The maximum atomic E-state index is 4.68. The van der Waals surface area contributed by atoms with E-state index in [0.29, 0.717) is 0 Å². The van der Waals surface area contributed by atoms with E-state index in [1.165, 1.54) is 25.9 Å². The molecule has 2 fully saturated rings. The third kappa shape index (κ3) is 3.60. The Morgan fingerprint density at radius 2 is 1.64 bits per heavy atom. The maximum Gasteiger partial charge on any atom is 0.180 e. The lowest BCUT2D eigenvalue weighted by molar-refractivity contribution is 0.165. The molecule has 0 aromatic carbocycles. The fourth-order valence-corrected chi connectivity index (χ4v) is 4.17. The van der Waals surface area contributed by atoms with Crippen LogP contribution >= 0.6 is 0 Å². The minimum Gasteiger partial charge on any atom is -0.354 e. The highest BCUT2D eigenvalue weighted by Crippen LogP contribution is 2.23. The molecule has 6 nitrogen and oxygen atoms in total. The van der Waals surface area contributed by atoms with Crippen LogP contribution in [0.3, 0.4) is 0 Å². The average Bonchev–Trinajstić information content (AvgIpc) is 2.98. The standard InChI is InChI=1S/C19H28N6/c1-15-3-4-16(2)25(15)14-11-23-9-12-24(13-10-23)18-6-5-17-19(22-18)21-8-7-20-17/h5-8,15-16H,3-4,9-14H2,1-2H3. The van der Waals surface area contributed by atoms with E-state index in [0.717, 1.165) is 55.2 Å². The number of pyridine rings is 1. The quantitative estimate of drug-likeness (QED) is 0.849. The van der Waals surface area contributed by atoms with Crippen molar-refractivity contribution in [1.82, 2.24) is 24.8 Å². The van der Waals surface area contributed by atoms with E-state index in [1.54, 1.807) is 12.4 Å². The van der Waals surface area contributed by atoms with Gasteiger partial charge in [-0.05, 0) is 38.8 Å². The number of hydrogen-bond acceptors (Lipinski definition) is 6. The summed E-state index contributed by atoms with van der Waals surface area (Å²) < 4.78 is 0. The summed E-state index contributed by atoms with van der Waals surface area (Å²) in [6.45, 7) is 11.4. The van der Waals surface area contributed by atoms with E-state index >= 15 is 0 Å². The summed E-state index contributed by atoms with van der Waals surface area (Å²) in [7, 11) is 0. The number of fused-ring (bicyclic) bond motifs is 1. The Balaban J connectivity index is 1.31. The zero-order valence-electron chi connectivity index (χ0n) is 15.3. The fraction of sp³-hybridized carbons (Fsp3) is 0.632. The monoisotopic (exact) mass is 340 g/mol. The molecule has 0 spiro atoms. The summed E-state index contributed by atoms with van der Waals surface area (Å²) >= 11 is 0. The zero-order chi connectivity index (χ0) is 17.2. The molecule has 2 aromatic rings. The molecule has 0 saturated carbocycles. The van der Waals surface area contributed by atoms with Crippen molar-refractivity contribution in [3.8, 4) is 0 Å². The predicted molar refractivity (Wildman–Crippen MR) is 101 cm³/mol. The Kier molecular flexibility index (Phi) is 4.81. The van der Waals surface area contributed by atoms with Crippen molar-refractivity contribution < 1.29 is 0 Å². The van der Waals surface area contributed by atoms with Crippen molar-refractivity contribution in [2.75, 3.05) is 44.2 Å². The molecule has 0 N–H and O–H groups in total. The van der Waals surface area contributed by atoms with E-state index in [9.17, 15) is 0 Å². The minimum absolute atomic E-state index is 0.736. The van der Waals surface area contributed by atoms with E-state index in [-0.39, 0.29) is 0 Å². The Bertz CT molecular complexity index is 702. The van der Waals surface area contributed by atoms with Crippen molar-refractivity contribution in [1.29, 1.82) is 0 Å². The second-order valence-electron chi connectivity index (χ2n) is 7.41. The van der Waals surface area contributed by atoms with Gasteiger partial charge in [0.25, 0.3) is 0 Å². The Hall–Kier alpha value is -1.79. The predicted octanol–water partition coefficient (Wildman–Crippen LogP) is 2.02. The van der Waals surface area contributed by atoms with E-state index < -0.39 is 0 Å². The first-order valence-electron chi connectivity index (χ1n) is 9.51. The number of nitrogens with zero attached hydrogens (tertiary/aromatic N) is 6. The van der Waals surface area contributed by atoms with E-state index in [4.69, 9.17) is 0 Å². The van der Waals surface area contributed by atoms with Gasteiger partial charge >= 0.3 is 0 Å². The molecule has 2 aliphatic rings. The Labute approximate surface area is 149 Å². The zero-order valence-corrected chi connectivity index (χ0v) is 15.3. The van der Waals surface area contributed by atoms with Gasteiger partial charge in [-0.15, -0.1) is 0 Å². The van der Waals surface area contributed by atoms with Crippen LogP contribution in [0.5, 0.6) is 0 Å². The van der Waals surface area contributed by atoms with Gasteiger partial charge in [0.15, 0.2) is 5.65 Å². The van der Waals surface area contributed by atoms with Gasteiger partial charge in [-0.2, -0.15) is 0 Å². The summed E-state index contributed by atoms with van der Waals surface area (Å²) in [6.07, 6.45) is 6.12. The highest BCUT2D eigenvalue weighted by molar-refractivity contribution is 5.71. The van der Waals surface area contributed by atoms with Crippen LogP contribution in [0.1, 0.15) is 26.7 Å². The summed E-state index contributed by atoms with van der Waals surface area (Å²) in [5.74, 6) is 1.02. The molecule has 0 amide bonds. The molecule has 2 aliphatic heterocycles. The SMILES string of the molecule is CC1CCC(C)N1CCN1CCN(c2ccc3nccnc3n2)CC1. The highest BCUT2D eigenvalue weighted by Gasteiger charge is 2.27. The maximum absolute atomic E-state index is 4.68. The molecule has 2 unspecified atom stereocenters. The van der Waals surface area contributed by atoms with Gasteiger partial charge in [0, 0.05) is 63.7 Å². The number of anilines is 1. The van der Waals surface area contributed by atoms with Gasteiger partial charge in [0.05, 0.1) is 0 Å². The smallest absolute Gasteiger partial charge is 0.180 e. The van der Waals surface area contributed by atoms with Crippen LogP contribution in [-0.4, -0.2) is 76.1 Å². The van der Waals surface area contributed by atoms with Gasteiger partial charge in [0.2, 0.25) is 0 Å². The molecule has 4 rings (SSSR count). The minimum atomic E-state index is 0.736. The number of aromatic nitrogens is 3. The van der Waals surface area contributed by atoms with Gasteiger partial charge < -0.3 is 4.90 Å². The lowest BCUT2D eigenvalue weighted by atomic mass is 10.2. The van der Waals surface area contributed by atoms with Gasteiger partial charge in [-0.25, -0.2) is 9.97 Å². The first-order valence-corrected chi connectivity index (χ1v) is 9.51. The highest BCUT2D eigenvalue weighted by atomic mass is 15.3. The van der Waals surface area contributed by atoms with E-state index in [2.05, 4.69) is 49.6 Å². The van der Waals surface area contributed by atoms with Crippen LogP contribution in [0.15, 0.2) is 24.5 Å². The lowest BCUT2D eigenvalue weighted by Crippen LogP contribution is -2.49. The average molecular weight is 340 g/mol. The summed E-state index contributed by atoms with van der Waals surface area (Å²) in [6, 6.07) is 5.59. The van der Waals surface area contributed by atoms with Crippen molar-refractivity contribution in [2.24, 2.45) is 0 Å². The Morgan fingerprint density at radius 3 is 2.40 bits per heavy atom. The summed E-state index contributed by atoms with van der Waals surface area (Å²) in [4.78, 5) is 20.9. The van der Waals surface area contributed by atoms with Gasteiger partial charge in [0.1, 0.15) is 11.3 Å². The second kappa shape index (κ2) is 7.22. The number of rotatable bonds is 4. The van der Waals surface area contributed by atoms with Crippen LogP contribution < -0.4 is 4.90 Å². The molecule has 6 heteroatoms. The number of hydrogen-bond donors (Lipinski definition) is 0. The normalized spacial score (nSPS) is 25.8. The molecule has 0 aliphatic carbocycles. The molecular formula is C19H28N6. The molecule has 134 valence electrons. The molecule has 0 radical (unpaired) electrons. The third-order valence-corrected chi connectivity index (χ3v) is 5.82. The van der Waals surface area contributed by atoms with Crippen LogP contribution in [0.4, 0.5) is 5.82 Å². The number of piperazine rings is 1. The lowest BCUT2D eigenvalue weighted by Gasteiger charge is -2.37. The first kappa shape index (κ1) is 16.7. The molecule has 2 aromatic heterocycles. The molecule has 2 saturated heterocycles. The van der Waals surface area contributed by atoms with Crippen molar-refractivity contribution in [2.45, 2.75) is 38.8 Å². The molecule has 4 heterocycles. The molecular weight excluding hydrogens is 312 g/mol. The third-order valence-electron chi connectivity index (χ3n) is 5.82. The number of likely N-dealkylation sites (tertiary alicyclic amines) is 1. The van der Waals surface area contributed by atoms with Crippen LogP contribution in [-0.2, 0) is 0 Å². The van der Waals surface area contributed by atoms with Crippen molar-refractivity contribution in [3.63, 3.8) is 0 Å². The van der Waals surface area contributed by atoms with Gasteiger partial charge in [-0.3, -0.25) is 14.8 Å². The van der Waals surface area contributed by atoms with E-state index in [1.807, 2.05) is 6.07 Å². The summed E-state index contributed by atoms with van der Waals surface area (Å²) in [5, 5.41) is 0. The van der Waals surface area contributed by atoms with Crippen molar-refractivity contribution in [3.05, 3.63) is 24.5 Å². The van der Waals surface area contributed by atoms with Crippen LogP contribution in [0.2, 0.25) is 0 Å². The molecule has 2 atom stereocenters.